The number of rotatable bonds is 8. The molecule has 1 aliphatic rings. The second kappa shape index (κ2) is 12.1. The number of hydrogen-bond donors (Lipinski definition) is 1. The first-order valence-electron chi connectivity index (χ1n) is 13.4. The molecule has 1 aromatic heterocycles. The number of methoxy groups -OCH3 is 1. The minimum Gasteiger partial charge on any atom is -0.480 e. The van der Waals surface area contributed by atoms with E-state index in [0.717, 1.165) is 16.8 Å². The van der Waals surface area contributed by atoms with Gasteiger partial charge in [-0.25, -0.2) is 9.59 Å². The highest BCUT2D eigenvalue weighted by molar-refractivity contribution is 5.92. The molecular formula is C30H36N4O5. The van der Waals surface area contributed by atoms with Crippen LogP contribution in [0.2, 0.25) is 0 Å². The summed E-state index contributed by atoms with van der Waals surface area (Å²) in [6.07, 6.45) is 1.21. The van der Waals surface area contributed by atoms with Crippen LogP contribution in [0.25, 0.3) is 0 Å². The molecule has 0 saturated heterocycles. The zero-order valence-electron chi connectivity index (χ0n) is 23.1. The van der Waals surface area contributed by atoms with E-state index in [1.807, 2.05) is 61.5 Å². The topological polar surface area (TPSA) is 103 Å². The number of hydrogen-bond acceptors (Lipinski definition) is 6. The van der Waals surface area contributed by atoms with Crippen LogP contribution < -0.4 is 15.6 Å². The van der Waals surface area contributed by atoms with Crippen LogP contribution in [0.3, 0.4) is 0 Å². The number of carbonyl (C=O) groups excluding carboxylic acids is 2. The summed E-state index contributed by atoms with van der Waals surface area (Å²) < 4.78 is 12.0. The van der Waals surface area contributed by atoms with E-state index in [0.29, 0.717) is 25.2 Å². The van der Waals surface area contributed by atoms with Crippen molar-refractivity contribution in [3.63, 3.8) is 0 Å². The second-order valence-electron chi connectivity index (χ2n) is 9.86. The highest BCUT2D eigenvalue weighted by atomic mass is 16.5. The molecule has 1 aliphatic heterocycles. The van der Waals surface area contributed by atoms with Crippen LogP contribution in [-0.4, -0.2) is 40.2 Å². The van der Waals surface area contributed by atoms with Crippen molar-refractivity contribution in [1.82, 2.24) is 14.5 Å². The molecule has 1 N–H and O–H groups in total. The molecule has 0 unspecified atom stereocenters. The maximum absolute atomic E-state index is 14.1. The molecule has 206 valence electrons. The van der Waals surface area contributed by atoms with Gasteiger partial charge in [-0.3, -0.25) is 9.36 Å². The van der Waals surface area contributed by atoms with E-state index in [9.17, 15) is 14.4 Å². The maximum Gasteiger partial charge on any atom is 0.349 e. The highest BCUT2D eigenvalue weighted by Gasteiger charge is 2.37. The zero-order valence-corrected chi connectivity index (χ0v) is 23.1. The van der Waals surface area contributed by atoms with Crippen molar-refractivity contribution < 1.29 is 19.1 Å². The number of ether oxygens (including phenoxy) is 2. The first-order chi connectivity index (χ1) is 18.8. The van der Waals surface area contributed by atoms with Gasteiger partial charge < -0.3 is 19.7 Å². The van der Waals surface area contributed by atoms with Crippen molar-refractivity contribution in [3.05, 3.63) is 87.5 Å². The van der Waals surface area contributed by atoms with Gasteiger partial charge in [-0.05, 0) is 49.8 Å². The highest BCUT2D eigenvalue weighted by Crippen LogP contribution is 2.37. The Morgan fingerprint density at radius 3 is 2.46 bits per heavy atom. The number of aromatic nitrogens is 2. The minimum atomic E-state index is -0.776. The lowest BCUT2D eigenvalue weighted by atomic mass is 9.99. The van der Waals surface area contributed by atoms with Crippen LogP contribution in [0.1, 0.15) is 85.8 Å². The van der Waals surface area contributed by atoms with Crippen molar-refractivity contribution in [1.29, 1.82) is 0 Å². The molecule has 2 heterocycles. The van der Waals surface area contributed by atoms with Gasteiger partial charge >= 0.3 is 12.0 Å². The number of nitrogens with zero attached hydrogens (tertiary/aromatic N) is 3. The Kier molecular flexibility index (Phi) is 8.69. The molecule has 2 atom stereocenters. The lowest BCUT2D eigenvalue weighted by Gasteiger charge is -2.39. The third kappa shape index (κ3) is 5.67. The molecule has 0 fully saturated rings. The SMILES string of the molecule is CCOC(=O)c1c(OC)nc2n(c1=O)CCC[C@H]2N(C(=O)Nc1ccccc1C(C)C)[C@@H](C)c1ccccc1. The van der Waals surface area contributed by atoms with E-state index in [2.05, 4.69) is 24.1 Å². The summed E-state index contributed by atoms with van der Waals surface area (Å²) in [5.74, 6) is -0.287. The molecular weight excluding hydrogens is 496 g/mol. The maximum atomic E-state index is 14.1. The average Bonchev–Trinajstić information content (AvgIpc) is 2.94. The van der Waals surface area contributed by atoms with Crippen LogP contribution in [0.15, 0.2) is 59.4 Å². The normalized spacial score (nSPS) is 15.3. The predicted molar refractivity (Wildman–Crippen MR) is 149 cm³/mol. The molecule has 4 rings (SSSR count). The molecule has 0 radical (unpaired) electrons. The number of benzene rings is 2. The fraction of sp³-hybridized carbons (Fsp3) is 0.400. The van der Waals surface area contributed by atoms with Crippen LogP contribution in [0, 0.1) is 0 Å². The summed E-state index contributed by atoms with van der Waals surface area (Å²) in [5.41, 5.74) is 1.94. The number of fused-ring (bicyclic) bond motifs is 1. The Balaban J connectivity index is 1.83. The second-order valence-corrected chi connectivity index (χ2v) is 9.86. The van der Waals surface area contributed by atoms with Gasteiger partial charge in [0, 0.05) is 12.2 Å². The van der Waals surface area contributed by atoms with E-state index >= 15 is 0 Å². The fourth-order valence-electron chi connectivity index (χ4n) is 5.16. The Morgan fingerprint density at radius 2 is 1.79 bits per heavy atom. The van der Waals surface area contributed by atoms with Crippen molar-refractivity contribution in [2.45, 2.75) is 65.1 Å². The van der Waals surface area contributed by atoms with Gasteiger partial charge in [0.2, 0.25) is 5.88 Å². The standard InChI is InChI=1S/C30H36N4O5/c1-6-39-29(36)25-27(38-5)32-26-24(17-12-18-33(26)28(25)35)34(20(4)21-13-8-7-9-14-21)30(37)31-23-16-11-10-15-22(23)19(2)3/h7-11,13-16,19-20,24H,6,12,17-18H2,1-5H3,(H,31,37)/t20-,24+/m0/s1. The summed E-state index contributed by atoms with van der Waals surface area (Å²) in [6, 6.07) is 16.3. The number of carbonyl (C=O) groups is 2. The number of urea groups is 1. The van der Waals surface area contributed by atoms with Gasteiger partial charge in [-0.1, -0.05) is 62.4 Å². The molecule has 9 heteroatoms. The quantitative estimate of drug-likeness (QED) is 0.374. The largest absolute Gasteiger partial charge is 0.480 e. The summed E-state index contributed by atoms with van der Waals surface area (Å²) >= 11 is 0. The first kappa shape index (κ1) is 27.9. The lowest BCUT2D eigenvalue weighted by Crippen LogP contribution is -2.45. The van der Waals surface area contributed by atoms with Crippen LogP contribution in [0.4, 0.5) is 10.5 Å². The van der Waals surface area contributed by atoms with E-state index in [-0.39, 0.29) is 36.0 Å². The van der Waals surface area contributed by atoms with Gasteiger partial charge in [0.1, 0.15) is 5.82 Å². The predicted octanol–water partition coefficient (Wildman–Crippen LogP) is 5.68. The minimum absolute atomic E-state index is 0.102. The zero-order chi connectivity index (χ0) is 28.1. The summed E-state index contributed by atoms with van der Waals surface area (Å²) in [7, 11) is 1.36. The Morgan fingerprint density at radius 1 is 1.10 bits per heavy atom. The van der Waals surface area contributed by atoms with E-state index in [1.54, 1.807) is 11.8 Å². The molecule has 39 heavy (non-hydrogen) atoms. The fourth-order valence-corrected chi connectivity index (χ4v) is 5.16. The number of para-hydroxylation sites is 1. The van der Waals surface area contributed by atoms with E-state index in [4.69, 9.17) is 9.47 Å². The van der Waals surface area contributed by atoms with Crippen molar-refractivity contribution >= 4 is 17.7 Å². The molecule has 3 aromatic rings. The summed E-state index contributed by atoms with van der Waals surface area (Å²) in [4.78, 5) is 46.6. The number of esters is 1. The van der Waals surface area contributed by atoms with Gasteiger partial charge in [0.05, 0.1) is 25.8 Å². The summed E-state index contributed by atoms with van der Waals surface area (Å²) in [5, 5.41) is 3.13. The first-order valence-corrected chi connectivity index (χ1v) is 13.4. The third-order valence-corrected chi connectivity index (χ3v) is 7.09. The summed E-state index contributed by atoms with van der Waals surface area (Å²) in [6.45, 7) is 8.28. The molecule has 0 bridgehead atoms. The lowest BCUT2D eigenvalue weighted by molar-refractivity contribution is 0.0516. The number of amides is 2. The van der Waals surface area contributed by atoms with E-state index in [1.165, 1.54) is 11.7 Å². The molecule has 2 aromatic carbocycles. The van der Waals surface area contributed by atoms with E-state index < -0.39 is 17.6 Å². The molecule has 9 nitrogen and oxygen atoms in total. The third-order valence-electron chi connectivity index (χ3n) is 7.09. The Labute approximate surface area is 228 Å². The van der Waals surface area contributed by atoms with Crippen LogP contribution in [0.5, 0.6) is 5.88 Å². The molecule has 0 spiro atoms. The van der Waals surface area contributed by atoms with Crippen molar-refractivity contribution in [2.75, 3.05) is 19.0 Å². The van der Waals surface area contributed by atoms with Gasteiger partial charge in [0.15, 0.2) is 5.56 Å². The monoisotopic (exact) mass is 532 g/mol. The average molecular weight is 533 g/mol. The van der Waals surface area contributed by atoms with Gasteiger partial charge in [-0.15, -0.1) is 0 Å². The van der Waals surface area contributed by atoms with Crippen LogP contribution in [-0.2, 0) is 11.3 Å². The van der Waals surface area contributed by atoms with Crippen molar-refractivity contribution in [2.24, 2.45) is 0 Å². The number of anilines is 1. The van der Waals surface area contributed by atoms with Crippen LogP contribution >= 0.6 is 0 Å². The van der Waals surface area contributed by atoms with Crippen molar-refractivity contribution in [3.8, 4) is 5.88 Å². The van der Waals surface area contributed by atoms with Gasteiger partial charge in [-0.2, -0.15) is 4.98 Å². The molecule has 0 aliphatic carbocycles. The Hall–Kier alpha value is -4.14. The Bertz CT molecular complexity index is 1390. The van der Waals surface area contributed by atoms with Gasteiger partial charge in [0.25, 0.3) is 5.56 Å². The molecule has 0 saturated carbocycles. The smallest absolute Gasteiger partial charge is 0.349 e. The number of nitrogens with one attached hydrogen (secondary N) is 1. The molecule has 2 amide bonds.